The molecule has 0 saturated carbocycles. The van der Waals surface area contributed by atoms with E-state index in [0.717, 1.165) is 5.56 Å². The number of hydrogen-bond acceptors (Lipinski definition) is 4. The lowest BCUT2D eigenvalue weighted by molar-refractivity contribution is -0.113. The zero-order chi connectivity index (χ0) is 20.7. The number of carbonyl (C=O) groups excluding carboxylic acids is 1. The number of halogens is 2. The van der Waals surface area contributed by atoms with Crippen LogP contribution < -0.4 is 5.32 Å². The van der Waals surface area contributed by atoms with E-state index in [-0.39, 0.29) is 27.3 Å². The summed E-state index contributed by atoms with van der Waals surface area (Å²) in [4.78, 5) is 12.3. The van der Waals surface area contributed by atoms with Gasteiger partial charge < -0.3 is 5.32 Å². The van der Waals surface area contributed by atoms with Gasteiger partial charge >= 0.3 is 0 Å². The van der Waals surface area contributed by atoms with E-state index < -0.39 is 10.0 Å². The first-order valence-electron chi connectivity index (χ1n) is 8.69. The number of carbonyl (C=O) groups is 1. The van der Waals surface area contributed by atoms with Crippen molar-refractivity contribution in [2.75, 3.05) is 24.2 Å². The lowest BCUT2D eigenvalue weighted by Gasteiger charge is -2.19. The number of amides is 1. The fourth-order valence-electron chi connectivity index (χ4n) is 2.50. The molecule has 0 aromatic heterocycles. The van der Waals surface area contributed by atoms with Gasteiger partial charge in [-0.3, -0.25) is 4.79 Å². The maximum Gasteiger partial charge on any atom is 0.243 e. The Balaban J connectivity index is 2.02. The number of rotatable bonds is 9. The Hall–Kier alpha value is -1.25. The summed E-state index contributed by atoms with van der Waals surface area (Å²) in [5, 5.41) is 3.65. The highest BCUT2D eigenvalue weighted by molar-refractivity contribution is 7.99. The van der Waals surface area contributed by atoms with Crippen molar-refractivity contribution in [1.29, 1.82) is 0 Å². The van der Waals surface area contributed by atoms with E-state index >= 15 is 0 Å². The molecule has 0 bridgehead atoms. The van der Waals surface area contributed by atoms with Gasteiger partial charge in [0.25, 0.3) is 0 Å². The second kappa shape index (κ2) is 10.5. The minimum atomic E-state index is -3.63. The van der Waals surface area contributed by atoms with Crippen LogP contribution in [0.2, 0.25) is 10.0 Å². The van der Waals surface area contributed by atoms with Gasteiger partial charge in [0, 0.05) is 23.9 Å². The maximum atomic E-state index is 12.7. The van der Waals surface area contributed by atoms with Crippen LogP contribution in [0.4, 0.5) is 5.69 Å². The average molecular weight is 461 g/mol. The number of sulfonamides is 1. The molecule has 0 aliphatic rings. The Morgan fingerprint density at radius 1 is 1.07 bits per heavy atom. The van der Waals surface area contributed by atoms with Crippen LogP contribution in [0.15, 0.2) is 47.4 Å². The lowest BCUT2D eigenvalue weighted by atomic mass is 10.2. The van der Waals surface area contributed by atoms with E-state index in [1.54, 1.807) is 26.0 Å². The van der Waals surface area contributed by atoms with Crippen LogP contribution in [0.3, 0.4) is 0 Å². The third-order valence-electron chi connectivity index (χ3n) is 3.97. The largest absolute Gasteiger partial charge is 0.324 e. The van der Waals surface area contributed by atoms with Gasteiger partial charge in [0.15, 0.2) is 0 Å². The second-order valence-corrected chi connectivity index (χ2v) is 9.67. The van der Waals surface area contributed by atoms with Gasteiger partial charge in [-0.1, -0.05) is 49.2 Å². The van der Waals surface area contributed by atoms with E-state index in [1.165, 1.54) is 34.3 Å². The van der Waals surface area contributed by atoms with Crippen LogP contribution >= 0.6 is 35.0 Å². The van der Waals surface area contributed by atoms with Gasteiger partial charge in [-0.2, -0.15) is 4.31 Å². The maximum absolute atomic E-state index is 12.7. The van der Waals surface area contributed by atoms with Crippen molar-refractivity contribution in [1.82, 2.24) is 4.31 Å². The topological polar surface area (TPSA) is 66.5 Å². The third kappa shape index (κ3) is 6.12. The van der Waals surface area contributed by atoms with Gasteiger partial charge in [0.2, 0.25) is 15.9 Å². The minimum Gasteiger partial charge on any atom is -0.324 e. The van der Waals surface area contributed by atoms with Crippen LogP contribution in [0.5, 0.6) is 0 Å². The molecule has 0 heterocycles. The molecular formula is C19H22Cl2N2O3S2. The standard InChI is InChI=1S/C19H22Cl2N2O3S2/c1-3-23(4-2)28(25,26)16-9-10-17(21)18(11-16)22-19(24)13-27-12-14-5-7-15(20)8-6-14/h5-11H,3-4,12-13H2,1-2H3,(H,22,24). The molecule has 152 valence electrons. The summed E-state index contributed by atoms with van der Waals surface area (Å²) in [6.07, 6.45) is 0. The van der Waals surface area contributed by atoms with Crippen LogP contribution in [0.25, 0.3) is 0 Å². The van der Waals surface area contributed by atoms with Crippen molar-refractivity contribution in [3.8, 4) is 0 Å². The highest BCUT2D eigenvalue weighted by Crippen LogP contribution is 2.27. The predicted octanol–water partition coefficient (Wildman–Crippen LogP) is 4.90. The number of benzene rings is 2. The monoisotopic (exact) mass is 460 g/mol. The first-order chi connectivity index (χ1) is 13.3. The van der Waals surface area contributed by atoms with E-state index in [4.69, 9.17) is 23.2 Å². The summed E-state index contributed by atoms with van der Waals surface area (Å²) >= 11 is 13.4. The van der Waals surface area contributed by atoms with Crippen molar-refractivity contribution in [3.63, 3.8) is 0 Å². The number of nitrogens with zero attached hydrogens (tertiary/aromatic N) is 1. The molecule has 0 saturated heterocycles. The van der Waals surface area contributed by atoms with Crippen LogP contribution in [0, 0.1) is 0 Å². The number of anilines is 1. The smallest absolute Gasteiger partial charge is 0.243 e. The second-order valence-electron chi connectivity index (χ2n) is 5.90. The molecule has 2 aromatic rings. The summed E-state index contributed by atoms with van der Waals surface area (Å²) in [6.45, 7) is 4.28. The molecule has 0 fully saturated rings. The number of hydrogen-bond donors (Lipinski definition) is 1. The third-order valence-corrected chi connectivity index (χ3v) is 7.60. The normalized spacial score (nSPS) is 11.6. The van der Waals surface area contributed by atoms with Crippen LogP contribution in [-0.4, -0.2) is 37.5 Å². The summed E-state index contributed by atoms with van der Waals surface area (Å²) in [5.74, 6) is 0.624. The molecule has 2 rings (SSSR count). The molecule has 28 heavy (non-hydrogen) atoms. The lowest BCUT2D eigenvalue weighted by Crippen LogP contribution is -2.30. The Morgan fingerprint density at radius 2 is 1.71 bits per heavy atom. The average Bonchev–Trinajstić information content (AvgIpc) is 2.66. The molecule has 1 N–H and O–H groups in total. The molecule has 1 amide bonds. The fraction of sp³-hybridized carbons (Fsp3) is 0.316. The van der Waals surface area contributed by atoms with Crippen molar-refractivity contribution < 1.29 is 13.2 Å². The first-order valence-corrected chi connectivity index (χ1v) is 12.0. The molecule has 2 aromatic carbocycles. The molecule has 0 aliphatic carbocycles. The van der Waals surface area contributed by atoms with E-state index in [0.29, 0.717) is 23.9 Å². The predicted molar refractivity (Wildman–Crippen MR) is 118 cm³/mol. The Bertz CT molecular complexity index is 915. The quantitative estimate of drug-likeness (QED) is 0.577. The Labute approximate surface area is 180 Å². The molecule has 5 nitrogen and oxygen atoms in total. The summed E-state index contributed by atoms with van der Waals surface area (Å²) in [7, 11) is -3.63. The molecule has 0 aliphatic heterocycles. The minimum absolute atomic E-state index is 0.102. The van der Waals surface area contributed by atoms with Crippen LogP contribution in [0.1, 0.15) is 19.4 Å². The number of thioether (sulfide) groups is 1. The zero-order valence-corrected chi connectivity index (χ0v) is 18.8. The van der Waals surface area contributed by atoms with E-state index in [9.17, 15) is 13.2 Å². The van der Waals surface area contributed by atoms with Crippen molar-refractivity contribution >= 4 is 56.6 Å². The Kier molecular flexibility index (Phi) is 8.64. The highest BCUT2D eigenvalue weighted by Gasteiger charge is 2.22. The van der Waals surface area contributed by atoms with Crippen molar-refractivity contribution in [3.05, 3.63) is 58.1 Å². The van der Waals surface area contributed by atoms with Gasteiger partial charge in [-0.25, -0.2) is 8.42 Å². The SMILES string of the molecule is CCN(CC)S(=O)(=O)c1ccc(Cl)c(NC(=O)CSCc2ccc(Cl)cc2)c1. The van der Waals surface area contributed by atoms with Gasteiger partial charge in [0.1, 0.15) is 0 Å². The van der Waals surface area contributed by atoms with Crippen LogP contribution in [-0.2, 0) is 20.6 Å². The summed E-state index contributed by atoms with van der Waals surface area (Å²) < 4.78 is 26.7. The summed E-state index contributed by atoms with van der Waals surface area (Å²) in [5.41, 5.74) is 1.35. The highest BCUT2D eigenvalue weighted by atomic mass is 35.5. The number of nitrogens with one attached hydrogen (secondary N) is 1. The molecule has 9 heteroatoms. The summed E-state index contributed by atoms with van der Waals surface area (Å²) in [6, 6.07) is 11.8. The molecule has 0 radical (unpaired) electrons. The van der Waals surface area contributed by atoms with E-state index in [2.05, 4.69) is 5.32 Å². The Morgan fingerprint density at radius 3 is 2.32 bits per heavy atom. The van der Waals surface area contributed by atoms with Gasteiger partial charge in [0.05, 0.1) is 21.4 Å². The van der Waals surface area contributed by atoms with E-state index in [1.807, 2.05) is 12.1 Å². The van der Waals surface area contributed by atoms with Crippen molar-refractivity contribution in [2.45, 2.75) is 24.5 Å². The zero-order valence-electron chi connectivity index (χ0n) is 15.6. The first kappa shape index (κ1) is 23.0. The van der Waals surface area contributed by atoms with Gasteiger partial charge in [-0.15, -0.1) is 11.8 Å². The van der Waals surface area contributed by atoms with Gasteiger partial charge in [-0.05, 0) is 35.9 Å². The molecule has 0 spiro atoms. The molecule has 0 atom stereocenters. The molecular weight excluding hydrogens is 439 g/mol. The van der Waals surface area contributed by atoms with Crippen molar-refractivity contribution in [2.24, 2.45) is 0 Å². The molecule has 0 unspecified atom stereocenters. The fourth-order valence-corrected chi connectivity index (χ4v) is 5.07.